The monoisotopic (exact) mass is 148 g/mol. The molecule has 0 aromatic carbocycles. The third-order valence-electron chi connectivity index (χ3n) is 1.01. The van der Waals surface area contributed by atoms with Gasteiger partial charge in [0.2, 0.25) is 0 Å². The molecule has 0 saturated carbocycles. The van der Waals surface area contributed by atoms with Crippen LogP contribution in [0.2, 0.25) is 0 Å². The molecule has 0 aliphatic carbocycles. The molecule has 1 rings (SSSR count). The Morgan fingerprint density at radius 1 is 1.73 bits per heavy atom. The summed E-state index contributed by atoms with van der Waals surface area (Å²) in [5, 5.41) is 0. The highest BCUT2D eigenvalue weighted by molar-refractivity contribution is 6.32. The second-order valence-electron chi connectivity index (χ2n) is 1.70. The van der Waals surface area contributed by atoms with Gasteiger partial charge in [0.1, 0.15) is 12.0 Å². The van der Waals surface area contributed by atoms with Crippen LogP contribution in [0.5, 0.6) is 0 Å². The first-order valence-electron chi connectivity index (χ1n) is 2.82. The van der Waals surface area contributed by atoms with Crippen LogP contribution in [-0.4, -0.2) is 26.8 Å². The van der Waals surface area contributed by atoms with Gasteiger partial charge in [0.05, 0.1) is 0 Å². The maximum atomic E-state index is 10.8. The summed E-state index contributed by atoms with van der Waals surface area (Å²) in [5.74, 6) is -0.449. The Morgan fingerprint density at radius 3 is 3.09 bits per heavy atom. The molecule has 5 heteroatoms. The van der Waals surface area contributed by atoms with E-state index in [0.29, 0.717) is 0 Å². The van der Waals surface area contributed by atoms with Crippen molar-refractivity contribution in [1.29, 1.82) is 0 Å². The van der Waals surface area contributed by atoms with Gasteiger partial charge < -0.3 is 5.53 Å². The Balaban J connectivity index is 2.94. The molecule has 0 aliphatic rings. The fourth-order valence-corrected chi connectivity index (χ4v) is 0.555. The lowest BCUT2D eigenvalue weighted by molar-refractivity contribution is 0.00230. The molecule has 11 heavy (non-hydrogen) atoms. The van der Waals surface area contributed by atoms with Gasteiger partial charge in [-0.05, 0) is 6.07 Å². The topological polar surface area (TPSA) is 79.3 Å². The molecule has 0 spiro atoms. The van der Waals surface area contributed by atoms with Crippen LogP contribution in [0, 0.1) is 0 Å². The van der Waals surface area contributed by atoms with Crippen molar-refractivity contribution in [1.82, 2.24) is 9.97 Å². The molecule has 1 aromatic heterocycles. The fourth-order valence-electron chi connectivity index (χ4n) is 0.555. The zero-order chi connectivity index (χ0) is 8.10. The van der Waals surface area contributed by atoms with Crippen molar-refractivity contribution < 1.29 is 9.58 Å². The van der Waals surface area contributed by atoms with Crippen molar-refractivity contribution in [2.24, 2.45) is 0 Å². The molecule has 0 bridgehead atoms. The van der Waals surface area contributed by atoms with E-state index in [1.807, 2.05) is 0 Å². The Bertz CT molecular complexity index is 302. The van der Waals surface area contributed by atoms with Crippen LogP contribution in [0.1, 0.15) is 10.5 Å². The van der Waals surface area contributed by atoms with Crippen molar-refractivity contribution in [2.75, 3.05) is 0 Å². The molecule has 0 saturated heterocycles. The zero-order valence-electron chi connectivity index (χ0n) is 5.51. The largest absolute Gasteiger partial charge is 0.361 e. The summed E-state index contributed by atoms with van der Waals surface area (Å²) in [5.41, 5.74) is 8.21. The highest BCUT2D eigenvalue weighted by Gasteiger charge is 2.06. The third-order valence-corrected chi connectivity index (χ3v) is 1.01. The SMILES string of the molecule is [N-]=[N+]=CC(=O)c1ccncn1. The van der Waals surface area contributed by atoms with Gasteiger partial charge >= 0.3 is 6.21 Å². The molecule has 0 amide bonds. The number of carbonyl (C=O) groups is 1. The van der Waals surface area contributed by atoms with Crippen LogP contribution in [0.4, 0.5) is 0 Å². The van der Waals surface area contributed by atoms with Gasteiger partial charge in [0.25, 0.3) is 5.78 Å². The van der Waals surface area contributed by atoms with E-state index >= 15 is 0 Å². The van der Waals surface area contributed by atoms with Crippen molar-refractivity contribution in [3.05, 3.63) is 29.8 Å². The lowest BCUT2D eigenvalue weighted by atomic mass is 10.3. The van der Waals surface area contributed by atoms with Gasteiger partial charge in [-0.1, -0.05) is 0 Å². The van der Waals surface area contributed by atoms with Gasteiger partial charge in [0.15, 0.2) is 0 Å². The molecular weight excluding hydrogens is 144 g/mol. The second kappa shape index (κ2) is 3.34. The van der Waals surface area contributed by atoms with Gasteiger partial charge in [-0.15, -0.1) is 0 Å². The summed E-state index contributed by atoms with van der Waals surface area (Å²) in [7, 11) is 0. The number of aromatic nitrogens is 2. The average Bonchev–Trinajstić information content (AvgIpc) is 2.07. The van der Waals surface area contributed by atoms with Gasteiger partial charge in [-0.25, -0.2) is 9.97 Å². The van der Waals surface area contributed by atoms with Crippen LogP contribution < -0.4 is 0 Å². The van der Waals surface area contributed by atoms with Crippen LogP contribution >= 0.6 is 0 Å². The molecular formula is C6H4N4O. The van der Waals surface area contributed by atoms with E-state index in [4.69, 9.17) is 5.53 Å². The predicted octanol–water partition coefficient (Wildman–Crippen LogP) is -0.0401. The first-order chi connectivity index (χ1) is 5.34. The maximum Gasteiger partial charge on any atom is 0.329 e. The van der Waals surface area contributed by atoms with Crippen LogP contribution in [0.25, 0.3) is 5.53 Å². The lowest BCUT2D eigenvalue weighted by Gasteiger charge is -1.85. The number of Topliss-reactive ketones (excluding diaryl/α,β-unsaturated/α-hetero) is 1. The Labute approximate surface area is 62.3 Å². The van der Waals surface area contributed by atoms with E-state index in [-0.39, 0.29) is 5.69 Å². The fraction of sp³-hybridized carbons (Fsp3) is 0. The average molecular weight is 148 g/mol. The summed E-state index contributed by atoms with van der Waals surface area (Å²) in [6.45, 7) is 0. The summed E-state index contributed by atoms with van der Waals surface area (Å²) >= 11 is 0. The van der Waals surface area contributed by atoms with E-state index in [1.54, 1.807) is 0 Å². The normalized spacial score (nSPS) is 8.36. The number of carbonyl (C=O) groups excluding carboxylic acids is 1. The molecule has 1 heterocycles. The molecule has 0 N–H and O–H groups in total. The first kappa shape index (κ1) is 7.24. The summed E-state index contributed by atoms with van der Waals surface area (Å²) < 4.78 is 0. The summed E-state index contributed by atoms with van der Waals surface area (Å²) in [4.78, 5) is 20.7. The van der Waals surface area contributed by atoms with Gasteiger partial charge in [-0.2, -0.15) is 4.79 Å². The minimum Gasteiger partial charge on any atom is -0.361 e. The van der Waals surface area contributed by atoms with E-state index in [1.165, 1.54) is 18.6 Å². The molecule has 5 nitrogen and oxygen atoms in total. The number of hydrogen-bond donors (Lipinski definition) is 0. The molecule has 0 radical (unpaired) electrons. The second-order valence-corrected chi connectivity index (χ2v) is 1.70. The number of hydrogen-bond acceptors (Lipinski definition) is 3. The zero-order valence-corrected chi connectivity index (χ0v) is 5.51. The van der Waals surface area contributed by atoms with Gasteiger partial charge in [0, 0.05) is 6.20 Å². The van der Waals surface area contributed by atoms with Crippen LogP contribution in [-0.2, 0) is 0 Å². The Kier molecular flexibility index (Phi) is 2.20. The highest BCUT2D eigenvalue weighted by Crippen LogP contribution is 1.89. The molecule has 0 fully saturated rings. The Morgan fingerprint density at radius 2 is 2.55 bits per heavy atom. The van der Waals surface area contributed by atoms with E-state index in [9.17, 15) is 4.79 Å². The minimum absolute atomic E-state index is 0.206. The van der Waals surface area contributed by atoms with E-state index in [2.05, 4.69) is 14.8 Å². The highest BCUT2D eigenvalue weighted by atomic mass is 16.1. The number of rotatable bonds is 2. The smallest absolute Gasteiger partial charge is 0.329 e. The summed E-state index contributed by atoms with van der Waals surface area (Å²) in [6, 6.07) is 1.43. The molecule has 0 aliphatic heterocycles. The standard InChI is InChI=1S/C6H4N4O/c7-10-3-6(11)5-1-2-8-4-9-5/h1-4H. The third kappa shape index (κ3) is 1.77. The minimum atomic E-state index is -0.449. The molecule has 1 aromatic rings. The number of nitrogens with zero attached hydrogens (tertiary/aromatic N) is 4. The van der Waals surface area contributed by atoms with Crippen molar-refractivity contribution in [3.8, 4) is 0 Å². The van der Waals surface area contributed by atoms with Crippen molar-refractivity contribution in [3.63, 3.8) is 0 Å². The van der Waals surface area contributed by atoms with Crippen molar-refractivity contribution >= 4 is 12.0 Å². The molecule has 0 unspecified atom stereocenters. The van der Waals surface area contributed by atoms with Crippen LogP contribution in [0.15, 0.2) is 18.6 Å². The van der Waals surface area contributed by atoms with Crippen LogP contribution in [0.3, 0.4) is 0 Å². The summed E-state index contributed by atoms with van der Waals surface area (Å²) in [6.07, 6.45) is 3.46. The lowest BCUT2D eigenvalue weighted by Crippen LogP contribution is -2.03. The van der Waals surface area contributed by atoms with E-state index < -0.39 is 5.78 Å². The first-order valence-corrected chi connectivity index (χ1v) is 2.82. The van der Waals surface area contributed by atoms with Crippen molar-refractivity contribution in [2.45, 2.75) is 0 Å². The molecule has 54 valence electrons. The predicted molar refractivity (Wildman–Crippen MR) is 36.0 cm³/mol. The van der Waals surface area contributed by atoms with Gasteiger partial charge in [-0.3, -0.25) is 4.79 Å². The molecule has 0 atom stereocenters. The number of ketones is 1. The quantitative estimate of drug-likeness (QED) is 0.255. The maximum absolute atomic E-state index is 10.8. The van der Waals surface area contributed by atoms with E-state index in [0.717, 1.165) is 6.21 Å². The Hall–Kier alpha value is -1.87.